The number of fused-ring (bicyclic) bond motifs is 1. The fourth-order valence-electron chi connectivity index (χ4n) is 2.27. The van der Waals surface area contributed by atoms with Crippen LogP contribution in [0.25, 0.3) is 16.9 Å². The van der Waals surface area contributed by atoms with Crippen LogP contribution in [0.5, 0.6) is 5.75 Å². The molecule has 0 unspecified atom stereocenters. The van der Waals surface area contributed by atoms with Crippen LogP contribution in [0.1, 0.15) is 5.56 Å². The topological polar surface area (TPSA) is 26.5 Å². The number of para-hydroxylation sites is 1. The first-order chi connectivity index (χ1) is 9.22. The lowest BCUT2D eigenvalue weighted by Crippen LogP contribution is -1.93. The maximum absolute atomic E-state index is 5.42. The zero-order chi connectivity index (χ0) is 13.4. The summed E-state index contributed by atoms with van der Waals surface area (Å²) in [5.41, 5.74) is 3.25. The Kier molecular flexibility index (Phi) is 3.03. The van der Waals surface area contributed by atoms with Crippen LogP contribution in [0, 0.1) is 6.92 Å². The van der Waals surface area contributed by atoms with E-state index < -0.39 is 0 Å². The fourth-order valence-corrected chi connectivity index (χ4v) is 2.95. The van der Waals surface area contributed by atoms with Crippen LogP contribution in [0.4, 0.5) is 0 Å². The molecule has 0 spiro atoms. The number of ether oxygens (including phenoxy) is 1. The van der Waals surface area contributed by atoms with Gasteiger partial charge in [0.15, 0.2) is 0 Å². The Balaban J connectivity index is 2.35. The van der Waals surface area contributed by atoms with Crippen LogP contribution < -0.4 is 4.74 Å². The Morgan fingerprint density at radius 1 is 1.16 bits per heavy atom. The van der Waals surface area contributed by atoms with Gasteiger partial charge in [0, 0.05) is 6.20 Å². The van der Waals surface area contributed by atoms with Crippen LogP contribution >= 0.6 is 15.9 Å². The summed E-state index contributed by atoms with van der Waals surface area (Å²) in [7, 11) is 1.68. The predicted octanol–water partition coefficient (Wildman–Crippen LogP) is 4.08. The maximum atomic E-state index is 5.42. The van der Waals surface area contributed by atoms with Crippen LogP contribution in [0.15, 0.2) is 47.2 Å². The van der Waals surface area contributed by atoms with Crippen LogP contribution in [0.3, 0.4) is 0 Å². The third-order valence-electron chi connectivity index (χ3n) is 3.17. The molecule has 2 heterocycles. The summed E-state index contributed by atoms with van der Waals surface area (Å²) in [6, 6.07) is 12.0. The fraction of sp³-hybridized carbons (Fsp3) is 0.133. The van der Waals surface area contributed by atoms with Crippen LogP contribution in [-0.4, -0.2) is 16.5 Å². The average Bonchev–Trinajstić information content (AvgIpc) is 2.77. The van der Waals surface area contributed by atoms with Crippen molar-refractivity contribution < 1.29 is 4.74 Å². The molecule has 2 aromatic heterocycles. The molecule has 0 saturated heterocycles. The van der Waals surface area contributed by atoms with E-state index in [0.717, 1.165) is 27.3 Å². The van der Waals surface area contributed by atoms with E-state index in [1.807, 2.05) is 36.5 Å². The van der Waals surface area contributed by atoms with E-state index in [-0.39, 0.29) is 0 Å². The standard InChI is InChI=1S/C15H13BrN2O/c1-10-6-5-9-18-13(10)14(16)17-15(18)11-7-3-4-8-12(11)19-2/h3-9H,1-2H3. The number of halogens is 1. The van der Waals surface area contributed by atoms with Gasteiger partial charge in [-0.3, -0.25) is 4.40 Å². The second-order valence-corrected chi connectivity index (χ2v) is 5.09. The summed E-state index contributed by atoms with van der Waals surface area (Å²) in [4.78, 5) is 4.63. The second kappa shape index (κ2) is 4.70. The predicted molar refractivity (Wildman–Crippen MR) is 79.6 cm³/mol. The number of rotatable bonds is 2. The smallest absolute Gasteiger partial charge is 0.149 e. The minimum Gasteiger partial charge on any atom is -0.496 e. The van der Waals surface area contributed by atoms with Crippen molar-refractivity contribution in [3.05, 3.63) is 52.8 Å². The summed E-state index contributed by atoms with van der Waals surface area (Å²) in [5, 5.41) is 0. The summed E-state index contributed by atoms with van der Waals surface area (Å²) in [5.74, 6) is 1.70. The van der Waals surface area contributed by atoms with Gasteiger partial charge in [-0.25, -0.2) is 4.98 Å². The molecule has 0 aliphatic heterocycles. The zero-order valence-corrected chi connectivity index (χ0v) is 12.3. The Bertz CT molecular complexity index is 749. The van der Waals surface area contributed by atoms with Crippen molar-refractivity contribution in [3.63, 3.8) is 0 Å². The third kappa shape index (κ3) is 1.92. The number of aromatic nitrogens is 2. The molecule has 0 amide bonds. The summed E-state index contributed by atoms with van der Waals surface area (Å²) < 4.78 is 8.35. The van der Waals surface area contributed by atoms with E-state index in [9.17, 15) is 0 Å². The van der Waals surface area contributed by atoms with Crippen molar-refractivity contribution in [2.75, 3.05) is 7.11 Å². The third-order valence-corrected chi connectivity index (χ3v) is 3.72. The zero-order valence-electron chi connectivity index (χ0n) is 10.7. The van der Waals surface area contributed by atoms with Gasteiger partial charge in [0.2, 0.25) is 0 Å². The number of benzene rings is 1. The number of pyridine rings is 1. The highest BCUT2D eigenvalue weighted by Gasteiger charge is 2.15. The molecule has 19 heavy (non-hydrogen) atoms. The monoisotopic (exact) mass is 316 g/mol. The van der Waals surface area contributed by atoms with E-state index in [1.54, 1.807) is 7.11 Å². The first-order valence-corrected chi connectivity index (χ1v) is 6.78. The molecule has 96 valence electrons. The molecule has 3 rings (SSSR count). The molecule has 0 radical (unpaired) electrons. The molecular weight excluding hydrogens is 304 g/mol. The van der Waals surface area contributed by atoms with E-state index in [2.05, 4.69) is 38.3 Å². The molecule has 0 saturated carbocycles. The molecule has 3 nitrogen and oxygen atoms in total. The first kappa shape index (κ1) is 12.2. The minimum absolute atomic E-state index is 0.823. The maximum Gasteiger partial charge on any atom is 0.149 e. The Morgan fingerprint density at radius 3 is 2.74 bits per heavy atom. The molecule has 4 heteroatoms. The lowest BCUT2D eigenvalue weighted by atomic mass is 10.2. The number of imidazole rings is 1. The number of nitrogens with zero attached hydrogens (tertiary/aromatic N) is 2. The molecule has 0 N–H and O–H groups in total. The molecule has 0 aliphatic carbocycles. The van der Waals surface area contributed by atoms with Gasteiger partial charge >= 0.3 is 0 Å². The summed E-state index contributed by atoms with van der Waals surface area (Å²) >= 11 is 3.54. The number of aryl methyl sites for hydroxylation is 1. The SMILES string of the molecule is COc1ccccc1-c1nc(Br)c2c(C)cccn12. The van der Waals surface area contributed by atoms with Gasteiger partial charge < -0.3 is 4.74 Å². The number of methoxy groups -OCH3 is 1. The van der Waals surface area contributed by atoms with E-state index in [4.69, 9.17) is 4.74 Å². The highest BCUT2D eigenvalue weighted by molar-refractivity contribution is 9.10. The molecule has 0 fully saturated rings. The highest BCUT2D eigenvalue weighted by Crippen LogP contribution is 2.32. The van der Waals surface area contributed by atoms with Crippen molar-refractivity contribution in [3.8, 4) is 17.1 Å². The Hall–Kier alpha value is -1.81. The second-order valence-electron chi connectivity index (χ2n) is 4.34. The highest BCUT2D eigenvalue weighted by atomic mass is 79.9. The summed E-state index contributed by atoms with van der Waals surface area (Å²) in [6.45, 7) is 2.08. The van der Waals surface area contributed by atoms with Crippen molar-refractivity contribution in [1.29, 1.82) is 0 Å². The minimum atomic E-state index is 0.823. The Labute approximate surface area is 120 Å². The average molecular weight is 317 g/mol. The quantitative estimate of drug-likeness (QED) is 0.712. The van der Waals surface area contributed by atoms with Gasteiger partial charge in [-0.1, -0.05) is 18.2 Å². The van der Waals surface area contributed by atoms with Gasteiger partial charge in [-0.15, -0.1) is 0 Å². The number of hydrogen-bond donors (Lipinski definition) is 0. The van der Waals surface area contributed by atoms with Gasteiger partial charge in [-0.2, -0.15) is 0 Å². The molecule has 0 bridgehead atoms. The normalized spacial score (nSPS) is 10.9. The van der Waals surface area contributed by atoms with E-state index >= 15 is 0 Å². The van der Waals surface area contributed by atoms with Gasteiger partial charge in [-0.05, 0) is 46.6 Å². The van der Waals surface area contributed by atoms with Crippen LogP contribution in [0.2, 0.25) is 0 Å². The number of hydrogen-bond acceptors (Lipinski definition) is 2. The molecule has 3 aromatic rings. The Morgan fingerprint density at radius 2 is 1.95 bits per heavy atom. The van der Waals surface area contributed by atoms with Gasteiger partial charge in [0.25, 0.3) is 0 Å². The van der Waals surface area contributed by atoms with Gasteiger partial charge in [0.1, 0.15) is 16.2 Å². The molecule has 0 aliphatic rings. The summed E-state index contributed by atoms with van der Waals surface area (Å²) in [6.07, 6.45) is 2.02. The van der Waals surface area contributed by atoms with E-state index in [0.29, 0.717) is 0 Å². The first-order valence-electron chi connectivity index (χ1n) is 5.99. The van der Waals surface area contributed by atoms with Crippen LogP contribution in [-0.2, 0) is 0 Å². The van der Waals surface area contributed by atoms with Gasteiger partial charge in [0.05, 0.1) is 18.2 Å². The molecular formula is C15H13BrN2O. The molecule has 1 aromatic carbocycles. The van der Waals surface area contributed by atoms with Crippen molar-refractivity contribution >= 4 is 21.4 Å². The van der Waals surface area contributed by atoms with Crippen molar-refractivity contribution in [2.24, 2.45) is 0 Å². The largest absolute Gasteiger partial charge is 0.496 e. The van der Waals surface area contributed by atoms with Crippen molar-refractivity contribution in [2.45, 2.75) is 6.92 Å². The lowest BCUT2D eigenvalue weighted by molar-refractivity contribution is 0.416. The van der Waals surface area contributed by atoms with Crippen molar-refractivity contribution in [1.82, 2.24) is 9.38 Å². The lowest BCUT2D eigenvalue weighted by Gasteiger charge is -2.07. The molecule has 0 atom stereocenters. The van der Waals surface area contributed by atoms with E-state index in [1.165, 1.54) is 5.56 Å².